The first kappa shape index (κ1) is 14.0. The van der Waals surface area contributed by atoms with Crippen LogP contribution in [0.25, 0.3) is 5.65 Å². The zero-order chi connectivity index (χ0) is 14.7. The van der Waals surface area contributed by atoms with E-state index in [1.807, 2.05) is 13.8 Å². The van der Waals surface area contributed by atoms with Gasteiger partial charge in [0, 0.05) is 19.2 Å². The van der Waals surface area contributed by atoms with Crippen molar-refractivity contribution in [3.8, 4) is 0 Å². The lowest BCUT2D eigenvalue weighted by Crippen LogP contribution is -2.35. The van der Waals surface area contributed by atoms with Gasteiger partial charge in [0.05, 0.1) is 6.54 Å². The number of carbonyl (C=O) groups excluding carboxylic acids is 1. The summed E-state index contributed by atoms with van der Waals surface area (Å²) in [5, 5.41) is 9.21. The van der Waals surface area contributed by atoms with Gasteiger partial charge >= 0.3 is 5.69 Å². The lowest BCUT2D eigenvalue weighted by molar-refractivity contribution is -0.128. The Kier molecular flexibility index (Phi) is 4.02. The van der Waals surface area contributed by atoms with Crippen LogP contribution in [0.4, 0.5) is 5.82 Å². The molecular weight excluding hydrogens is 260 g/mol. The molecule has 0 fully saturated rings. The number of nitrogens with zero attached hydrogens (tertiary/aromatic N) is 4. The highest BCUT2D eigenvalue weighted by Gasteiger charge is 2.11. The van der Waals surface area contributed by atoms with Crippen LogP contribution in [-0.2, 0) is 4.79 Å². The van der Waals surface area contributed by atoms with Crippen LogP contribution in [0.2, 0.25) is 0 Å². The number of aromatic amines is 1. The van der Waals surface area contributed by atoms with Crippen LogP contribution >= 0.6 is 0 Å². The van der Waals surface area contributed by atoms with E-state index in [0.29, 0.717) is 30.4 Å². The Hall–Kier alpha value is -2.38. The lowest BCUT2D eigenvalue weighted by atomic mass is 10.4. The smallest absolute Gasteiger partial charge is 0.349 e. The van der Waals surface area contributed by atoms with Crippen LogP contribution in [0.1, 0.15) is 19.7 Å². The molecular formula is C12H18N6O2. The third-order valence-corrected chi connectivity index (χ3v) is 3.11. The highest BCUT2D eigenvalue weighted by Crippen LogP contribution is 2.07. The predicted molar refractivity (Wildman–Crippen MR) is 74.8 cm³/mol. The number of likely N-dealkylation sites (N-methyl/N-ethyl adjacent to an activating group) is 1. The van der Waals surface area contributed by atoms with E-state index in [-0.39, 0.29) is 18.1 Å². The maximum Gasteiger partial charge on any atom is 0.349 e. The molecule has 2 aromatic heterocycles. The molecule has 108 valence electrons. The summed E-state index contributed by atoms with van der Waals surface area (Å²) in [6.45, 7) is 7.10. The SMILES string of the molecule is CCN(CC)C(=O)CNc1cc2n[nH]c(=O)n2c(C)n1. The summed E-state index contributed by atoms with van der Waals surface area (Å²) in [4.78, 5) is 29.3. The maximum atomic E-state index is 11.9. The molecule has 0 atom stereocenters. The molecule has 0 unspecified atom stereocenters. The van der Waals surface area contributed by atoms with Gasteiger partial charge in [-0.3, -0.25) is 4.79 Å². The van der Waals surface area contributed by atoms with Crippen molar-refractivity contribution in [1.29, 1.82) is 0 Å². The van der Waals surface area contributed by atoms with Crippen molar-refractivity contribution in [3.05, 3.63) is 22.4 Å². The highest BCUT2D eigenvalue weighted by atomic mass is 16.2. The van der Waals surface area contributed by atoms with Gasteiger partial charge in [-0.1, -0.05) is 0 Å². The van der Waals surface area contributed by atoms with Crippen LogP contribution in [0, 0.1) is 6.92 Å². The normalized spacial score (nSPS) is 10.8. The number of fused-ring (bicyclic) bond motifs is 1. The van der Waals surface area contributed by atoms with Gasteiger partial charge < -0.3 is 10.2 Å². The molecule has 0 aliphatic rings. The Morgan fingerprint density at radius 2 is 2.15 bits per heavy atom. The molecule has 2 rings (SSSR count). The fourth-order valence-corrected chi connectivity index (χ4v) is 2.04. The fraction of sp³-hybridized carbons (Fsp3) is 0.500. The number of carbonyl (C=O) groups is 1. The number of rotatable bonds is 5. The monoisotopic (exact) mass is 278 g/mol. The molecule has 20 heavy (non-hydrogen) atoms. The second-order valence-corrected chi connectivity index (χ2v) is 4.33. The molecule has 2 heterocycles. The molecule has 0 spiro atoms. The Bertz CT molecular complexity index is 670. The van der Waals surface area contributed by atoms with Crippen molar-refractivity contribution in [3.63, 3.8) is 0 Å². The average molecular weight is 278 g/mol. The van der Waals surface area contributed by atoms with Crippen molar-refractivity contribution < 1.29 is 4.79 Å². The number of nitrogens with one attached hydrogen (secondary N) is 2. The Labute approximate surface area is 115 Å². The molecule has 2 N–H and O–H groups in total. The van der Waals surface area contributed by atoms with Crippen molar-refractivity contribution in [2.75, 3.05) is 25.0 Å². The maximum absolute atomic E-state index is 11.9. The number of hydrogen-bond donors (Lipinski definition) is 2. The number of aromatic nitrogens is 4. The molecule has 0 bridgehead atoms. The molecule has 1 amide bonds. The van der Waals surface area contributed by atoms with Crippen LogP contribution in [0.15, 0.2) is 10.9 Å². The Balaban J connectivity index is 2.15. The van der Waals surface area contributed by atoms with Crippen LogP contribution < -0.4 is 11.0 Å². The van der Waals surface area contributed by atoms with Crippen LogP contribution in [0.3, 0.4) is 0 Å². The largest absolute Gasteiger partial charge is 0.361 e. The topological polar surface area (TPSA) is 95.4 Å². The van der Waals surface area contributed by atoms with E-state index < -0.39 is 0 Å². The predicted octanol–water partition coefficient (Wildman–Crippen LogP) is 0.00632. The van der Waals surface area contributed by atoms with E-state index in [2.05, 4.69) is 20.5 Å². The highest BCUT2D eigenvalue weighted by molar-refractivity contribution is 5.80. The van der Waals surface area contributed by atoms with Crippen molar-refractivity contribution in [1.82, 2.24) is 24.5 Å². The first-order valence-corrected chi connectivity index (χ1v) is 6.53. The fourth-order valence-electron chi connectivity index (χ4n) is 2.04. The van der Waals surface area contributed by atoms with Gasteiger partial charge in [-0.05, 0) is 20.8 Å². The first-order valence-electron chi connectivity index (χ1n) is 6.53. The molecule has 8 heteroatoms. The Morgan fingerprint density at radius 1 is 1.45 bits per heavy atom. The minimum atomic E-state index is -0.323. The second-order valence-electron chi connectivity index (χ2n) is 4.33. The van der Waals surface area contributed by atoms with Gasteiger partial charge in [-0.2, -0.15) is 5.10 Å². The number of amides is 1. The molecule has 0 aromatic carbocycles. The van der Waals surface area contributed by atoms with E-state index >= 15 is 0 Å². The molecule has 0 saturated carbocycles. The Morgan fingerprint density at radius 3 is 2.80 bits per heavy atom. The summed E-state index contributed by atoms with van der Waals surface area (Å²) in [6, 6.07) is 1.63. The minimum absolute atomic E-state index is 0.00810. The zero-order valence-electron chi connectivity index (χ0n) is 11.8. The first-order chi connectivity index (χ1) is 9.56. The summed E-state index contributed by atoms with van der Waals surface area (Å²) in [7, 11) is 0. The van der Waals surface area contributed by atoms with Gasteiger partial charge in [-0.15, -0.1) is 0 Å². The molecule has 2 aromatic rings. The van der Waals surface area contributed by atoms with Gasteiger partial charge in [-0.25, -0.2) is 19.3 Å². The summed E-state index contributed by atoms with van der Waals surface area (Å²) >= 11 is 0. The molecule has 8 nitrogen and oxygen atoms in total. The minimum Gasteiger partial charge on any atom is -0.361 e. The second kappa shape index (κ2) is 5.72. The quantitative estimate of drug-likeness (QED) is 0.803. The number of anilines is 1. The average Bonchev–Trinajstić information content (AvgIpc) is 2.80. The number of hydrogen-bond acceptors (Lipinski definition) is 5. The van der Waals surface area contributed by atoms with Crippen molar-refractivity contribution in [2.45, 2.75) is 20.8 Å². The molecule has 0 radical (unpaired) electrons. The third-order valence-electron chi connectivity index (χ3n) is 3.11. The van der Waals surface area contributed by atoms with Crippen LogP contribution in [0.5, 0.6) is 0 Å². The zero-order valence-corrected chi connectivity index (χ0v) is 11.8. The summed E-state index contributed by atoms with van der Waals surface area (Å²) < 4.78 is 1.37. The standard InChI is InChI=1S/C12H18N6O2/c1-4-17(5-2)11(19)7-13-9-6-10-15-16-12(20)18(10)8(3)14-9/h6,13H,4-5,7H2,1-3H3,(H,16,20). The van der Waals surface area contributed by atoms with E-state index in [4.69, 9.17) is 0 Å². The molecule has 0 saturated heterocycles. The van der Waals surface area contributed by atoms with Crippen molar-refractivity contribution >= 4 is 17.4 Å². The van der Waals surface area contributed by atoms with Gasteiger partial charge in [0.25, 0.3) is 0 Å². The van der Waals surface area contributed by atoms with Gasteiger partial charge in [0.1, 0.15) is 11.6 Å². The number of H-pyrrole nitrogens is 1. The molecule has 0 aliphatic heterocycles. The van der Waals surface area contributed by atoms with Gasteiger partial charge in [0.15, 0.2) is 5.65 Å². The number of aryl methyl sites for hydroxylation is 1. The summed E-state index contributed by atoms with van der Waals surface area (Å²) in [5.74, 6) is 1.04. The van der Waals surface area contributed by atoms with E-state index in [9.17, 15) is 9.59 Å². The van der Waals surface area contributed by atoms with E-state index in [0.717, 1.165) is 0 Å². The van der Waals surface area contributed by atoms with Crippen molar-refractivity contribution in [2.24, 2.45) is 0 Å². The van der Waals surface area contributed by atoms with E-state index in [1.54, 1.807) is 17.9 Å². The van der Waals surface area contributed by atoms with Gasteiger partial charge in [0.2, 0.25) is 5.91 Å². The summed E-state index contributed by atoms with van der Waals surface area (Å²) in [6.07, 6.45) is 0. The molecule has 0 aliphatic carbocycles. The van der Waals surface area contributed by atoms with E-state index in [1.165, 1.54) is 4.40 Å². The van der Waals surface area contributed by atoms with Crippen LogP contribution in [-0.4, -0.2) is 50.0 Å². The summed E-state index contributed by atoms with van der Waals surface area (Å²) in [5.41, 5.74) is 0.149. The lowest BCUT2D eigenvalue weighted by Gasteiger charge is -2.18. The third kappa shape index (κ3) is 2.63.